The van der Waals surface area contributed by atoms with Crippen LogP contribution >= 0.6 is 0 Å². The molecule has 14 nitrogen and oxygen atoms in total. The first-order valence-electron chi connectivity index (χ1n) is 12.7. The molecule has 216 valence electrons. The van der Waals surface area contributed by atoms with Gasteiger partial charge in [-0.3, -0.25) is 14.8 Å². The topological polar surface area (TPSA) is 179 Å². The zero-order valence-electron chi connectivity index (χ0n) is 22.5. The summed E-state index contributed by atoms with van der Waals surface area (Å²) in [4.78, 5) is 49.2. The van der Waals surface area contributed by atoms with E-state index >= 15 is 0 Å². The third kappa shape index (κ3) is 7.05. The Labute approximate surface area is 234 Å². The van der Waals surface area contributed by atoms with E-state index in [9.17, 15) is 14.4 Å². The largest absolute Gasteiger partial charge is 0.495 e. The molecule has 0 aliphatic carbocycles. The van der Waals surface area contributed by atoms with Crippen molar-refractivity contribution in [2.24, 2.45) is 0 Å². The van der Waals surface area contributed by atoms with Gasteiger partial charge in [-0.15, -0.1) is 0 Å². The van der Waals surface area contributed by atoms with Crippen molar-refractivity contribution in [3.05, 3.63) is 64.7 Å². The van der Waals surface area contributed by atoms with Gasteiger partial charge >= 0.3 is 5.69 Å². The number of carbonyl (C=O) groups is 2. The summed E-state index contributed by atoms with van der Waals surface area (Å²) in [5.41, 5.74) is 2.33. The molecular weight excluding hydrogens is 536 g/mol. The van der Waals surface area contributed by atoms with Gasteiger partial charge < -0.3 is 29.2 Å². The minimum absolute atomic E-state index is 0.0250. The molecule has 14 heteroatoms. The van der Waals surface area contributed by atoms with E-state index in [1.807, 2.05) is 6.92 Å². The summed E-state index contributed by atoms with van der Waals surface area (Å²) in [6.07, 6.45) is 0. The number of rotatable bonds is 14. The Morgan fingerprint density at radius 3 is 2.51 bits per heavy atom. The Morgan fingerprint density at radius 1 is 1.02 bits per heavy atom. The lowest BCUT2D eigenvalue weighted by Crippen LogP contribution is -2.29. The van der Waals surface area contributed by atoms with Crippen molar-refractivity contribution in [3.8, 4) is 28.6 Å². The third-order valence-corrected chi connectivity index (χ3v) is 5.76. The maximum atomic E-state index is 13.3. The lowest BCUT2D eigenvalue weighted by molar-refractivity contribution is -0.134. The highest BCUT2D eigenvalue weighted by Gasteiger charge is 2.23. The highest BCUT2D eigenvalue weighted by molar-refractivity contribution is 6.03. The number of methoxy groups -OCH3 is 1. The summed E-state index contributed by atoms with van der Waals surface area (Å²) in [5.74, 6) is 0.132. The number of aromatic nitrogens is 4. The van der Waals surface area contributed by atoms with Crippen molar-refractivity contribution in [2.45, 2.75) is 6.92 Å². The fraction of sp³-hybridized carbons (Fsp3) is 0.296. The molecule has 0 aliphatic rings. The Bertz CT molecular complexity index is 1550. The van der Waals surface area contributed by atoms with Crippen LogP contribution in [0.15, 0.2) is 53.3 Å². The number of nitrogens with zero attached hydrogens (tertiary/aromatic N) is 3. The number of hydrogen-bond acceptors (Lipinski definition) is 10. The van der Waals surface area contributed by atoms with E-state index in [0.29, 0.717) is 29.4 Å². The summed E-state index contributed by atoms with van der Waals surface area (Å²) < 4.78 is 22.7. The summed E-state index contributed by atoms with van der Waals surface area (Å²) in [6, 6.07) is 14.1. The molecule has 2 amide bonds. The van der Waals surface area contributed by atoms with E-state index < -0.39 is 17.5 Å². The Hall–Kier alpha value is -4.79. The van der Waals surface area contributed by atoms with Gasteiger partial charge in [0.2, 0.25) is 0 Å². The summed E-state index contributed by atoms with van der Waals surface area (Å²) >= 11 is 0. The third-order valence-electron chi connectivity index (χ3n) is 5.76. The molecule has 0 radical (unpaired) electrons. The monoisotopic (exact) mass is 566 g/mol. The zero-order chi connectivity index (χ0) is 29.2. The van der Waals surface area contributed by atoms with Crippen LogP contribution in [-0.2, 0) is 14.3 Å². The molecule has 0 saturated heterocycles. The minimum Gasteiger partial charge on any atom is -0.495 e. The van der Waals surface area contributed by atoms with Crippen molar-refractivity contribution in [1.29, 1.82) is 0 Å². The first kappa shape index (κ1) is 29.2. The number of hydroxylamine groups is 1. The number of H-pyrrole nitrogens is 1. The van der Waals surface area contributed by atoms with Gasteiger partial charge in [-0.25, -0.2) is 24.8 Å². The fourth-order valence-corrected chi connectivity index (χ4v) is 3.92. The second kappa shape index (κ2) is 14.0. The number of amides is 2. The van der Waals surface area contributed by atoms with E-state index in [0.717, 1.165) is 0 Å². The van der Waals surface area contributed by atoms with Crippen LogP contribution < -0.4 is 26.0 Å². The zero-order valence-corrected chi connectivity index (χ0v) is 22.5. The number of benzene rings is 2. The van der Waals surface area contributed by atoms with Crippen LogP contribution in [0.2, 0.25) is 0 Å². The summed E-state index contributed by atoms with van der Waals surface area (Å²) in [5, 5.41) is 11.2. The number of hydrogen-bond donors (Lipinski definition) is 4. The summed E-state index contributed by atoms with van der Waals surface area (Å²) in [6.45, 7) is 2.68. The number of aromatic amines is 1. The smallest absolute Gasteiger partial charge is 0.332 e. The Morgan fingerprint density at radius 2 is 1.78 bits per heavy atom. The molecule has 0 bridgehead atoms. The Kier molecular flexibility index (Phi) is 9.99. The van der Waals surface area contributed by atoms with Crippen LogP contribution in [0.5, 0.6) is 11.5 Å². The lowest BCUT2D eigenvalue weighted by Gasteiger charge is -2.11. The molecule has 0 spiro atoms. The number of carbonyl (C=O) groups excluding carboxylic acids is 2. The Balaban J connectivity index is 1.61. The molecule has 0 fully saturated rings. The molecule has 4 aromatic rings. The van der Waals surface area contributed by atoms with Gasteiger partial charge in [0.25, 0.3) is 11.8 Å². The van der Waals surface area contributed by atoms with Gasteiger partial charge in [-0.2, -0.15) is 0 Å². The summed E-state index contributed by atoms with van der Waals surface area (Å²) in [7, 11) is 1.50. The first-order valence-corrected chi connectivity index (χ1v) is 12.7. The SMILES string of the molecule is CCOc1ccc(-c2nc(C(=O)NCCOCCOCC(=O)NO)c3[nH]c(=O)n(-c4ccccc4OC)c3n2)cc1. The molecule has 0 aliphatic heterocycles. The number of ether oxygens (including phenoxy) is 4. The van der Waals surface area contributed by atoms with Crippen LogP contribution in [0.3, 0.4) is 0 Å². The molecule has 0 atom stereocenters. The van der Waals surface area contributed by atoms with Crippen molar-refractivity contribution in [1.82, 2.24) is 30.3 Å². The fourth-order valence-electron chi connectivity index (χ4n) is 3.92. The number of imidazole rings is 1. The van der Waals surface area contributed by atoms with Crippen molar-refractivity contribution < 1.29 is 33.7 Å². The van der Waals surface area contributed by atoms with Crippen LogP contribution in [0.25, 0.3) is 28.2 Å². The normalized spacial score (nSPS) is 10.9. The molecule has 2 aromatic carbocycles. The second-order valence-electron chi connectivity index (χ2n) is 8.45. The van der Waals surface area contributed by atoms with Crippen LogP contribution in [0.4, 0.5) is 0 Å². The van der Waals surface area contributed by atoms with Crippen molar-refractivity contribution in [2.75, 3.05) is 46.7 Å². The molecule has 2 heterocycles. The average molecular weight is 567 g/mol. The van der Waals surface area contributed by atoms with E-state index in [2.05, 4.69) is 20.3 Å². The highest BCUT2D eigenvalue weighted by atomic mass is 16.5. The van der Waals surface area contributed by atoms with Gasteiger partial charge in [-0.05, 0) is 43.3 Å². The van der Waals surface area contributed by atoms with Crippen molar-refractivity contribution >= 4 is 23.0 Å². The van der Waals surface area contributed by atoms with Gasteiger partial charge in [0.15, 0.2) is 17.2 Å². The van der Waals surface area contributed by atoms with Gasteiger partial charge in [0.05, 0.1) is 39.2 Å². The van der Waals surface area contributed by atoms with Gasteiger partial charge in [-0.1, -0.05) is 12.1 Å². The van der Waals surface area contributed by atoms with E-state index in [-0.39, 0.29) is 55.7 Å². The van der Waals surface area contributed by atoms with E-state index in [1.54, 1.807) is 48.5 Å². The quantitative estimate of drug-likeness (QED) is 0.0992. The maximum absolute atomic E-state index is 13.3. The molecule has 0 unspecified atom stereocenters. The molecular formula is C27H30N6O8. The van der Waals surface area contributed by atoms with E-state index in [1.165, 1.54) is 17.2 Å². The standard InChI is InChI=1S/C27H30N6O8/c1-3-41-18-10-8-17(9-11-18)24-29-23(26(35)28-12-13-39-14-15-40-16-21(34)32-37)22-25(31-24)33(27(36)30-22)19-6-4-5-7-20(19)38-2/h4-11,37H,3,12-16H2,1-2H3,(H,28,35)(H,30,36)(H,32,34). The molecule has 4 rings (SSSR count). The number of para-hydroxylation sites is 2. The predicted octanol–water partition coefficient (Wildman–Crippen LogP) is 1.45. The molecule has 2 aromatic heterocycles. The van der Waals surface area contributed by atoms with Crippen LogP contribution in [0, 0.1) is 0 Å². The number of nitrogens with one attached hydrogen (secondary N) is 3. The minimum atomic E-state index is -0.671. The molecule has 41 heavy (non-hydrogen) atoms. The van der Waals surface area contributed by atoms with Crippen LogP contribution in [-0.4, -0.2) is 83.2 Å². The molecule has 4 N–H and O–H groups in total. The average Bonchev–Trinajstić information content (AvgIpc) is 3.33. The van der Waals surface area contributed by atoms with Crippen LogP contribution in [0.1, 0.15) is 17.4 Å². The highest BCUT2D eigenvalue weighted by Crippen LogP contribution is 2.27. The van der Waals surface area contributed by atoms with Gasteiger partial charge in [0, 0.05) is 12.1 Å². The van der Waals surface area contributed by atoms with Crippen molar-refractivity contribution in [3.63, 3.8) is 0 Å². The first-order chi connectivity index (χ1) is 20.0. The second-order valence-corrected chi connectivity index (χ2v) is 8.45. The maximum Gasteiger partial charge on any atom is 0.332 e. The van der Waals surface area contributed by atoms with Gasteiger partial charge in [0.1, 0.15) is 23.6 Å². The molecule has 0 saturated carbocycles. The predicted molar refractivity (Wildman–Crippen MR) is 147 cm³/mol. The van der Waals surface area contributed by atoms with E-state index in [4.69, 9.17) is 24.2 Å². The lowest BCUT2D eigenvalue weighted by atomic mass is 10.2. The number of fused-ring (bicyclic) bond motifs is 1.